The second kappa shape index (κ2) is 7.49. The Bertz CT molecular complexity index is 781. The summed E-state index contributed by atoms with van der Waals surface area (Å²) in [7, 11) is -3.93. The molecule has 1 aromatic heterocycles. The monoisotopic (exact) mass is 339 g/mol. The summed E-state index contributed by atoms with van der Waals surface area (Å²) in [6.07, 6.45) is 1.59. The number of aliphatic hydroxyl groups is 1. The molecular formula is C15H18FN3O3S. The summed E-state index contributed by atoms with van der Waals surface area (Å²) in [6, 6.07) is 6.98. The van der Waals surface area contributed by atoms with Crippen molar-refractivity contribution in [2.45, 2.75) is 18.4 Å². The number of aryl methyl sites for hydroxylation is 1. The molecule has 0 spiro atoms. The van der Waals surface area contributed by atoms with Gasteiger partial charge in [-0.25, -0.2) is 17.5 Å². The minimum Gasteiger partial charge on any atom is -0.395 e. The molecule has 0 aliphatic carbocycles. The lowest BCUT2D eigenvalue weighted by molar-refractivity contribution is 0.311. The van der Waals surface area contributed by atoms with Gasteiger partial charge in [-0.1, -0.05) is 0 Å². The summed E-state index contributed by atoms with van der Waals surface area (Å²) in [5.74, 6) is -0.659. The Kier molecular flexibility index (Phi) is 5.64. The molecule has 2 aromatic rings. The summed E-state index contributed by atoms with van der Waals surface area (Å²) in [5.41, 5.74) is 1.75. The number of benzene rings is 1. The van der Waals surface area contributed by atoms with Crippen LogP contribution in [0.1, 0.15) is 11.3 Å². The first kappa shape index (κ1) is 17.3. The van der Waals surface area contributed by atoms with E-state index in [2.05, 4.69) is 15.0 Å². The number of rotatable bonds is 7. The van der Waals surface area contributed by atoms with Gasteiger partial charge in [-0.3, -0.25) is 4.98 Å². The third-order valence-electron chi connectivity index (χ3n) is 3.08. The van der Waals surface area contributed by atoms with E-state index in [0.29, 0.717) is 5.69 Å². The van der Waals surface area contributed by atoms with Gasteiger partial charge in [0.05, 0.1) is 24.5 Å². The third kappa shape index (κ3) is 4.72. The predicted molar refractivity (Wildman–Crippen MR) is 85.0 cm³/mol. The van der Waals surface area contributed by atoms with Crippen LogP contribution >= 0.6 is 0 Å². The first-order valence-electron chi connectivity index (χ1n) is 6.98. The summed E-state index contributed by atoms with van der Waals surface area (Å²) in [6.45, 7) is 1.87. The molecule has 0 radical (unpaired) electrons. The van der Waals surface area contributed by atoms with Crippen molar-refractivity contribution in [3.63, 3.8) is 0 Å². The zero-order chi connectivity index (χ0) is 16.9. The van der Waals surface area contributed by atoms with Crippen molar-refractivity contribution in [2.24, 2.45) is 0 Å². The highest BCUT2D eigenvalue weighted by atomic mass is 32.2. The van der Waals surface area contributed by atoms with Gasteiger partial charge in [-0.05, 0) is 42.8 Å². The van der Waals surface area contributed by atoms with Crippen LogP contribution in [0.5, 0.6) is 0 Å². The third-order valence-corrected chi connectivity index (χ3v) is 4.52. The first-order chi connectivity index (χ1) is 10.9. The van der Waals surface area contributed by atoms with Gasteiger partial charge in [0.15, 0.2) is 0 Å². The molecule has 23 heavy (non-hydrogen) atoms. The lowest BCUT2D eigenvalue weighted by atomic mass is 10.2. The zero-order valence-electron chi connectivity index (χ0n) is 12.6. The standard InChI is InChI=1S/C15H18FN3O3S/c1-11-4-5-17-13(8-11)10-19-23(21,22)15-9-12(16)2-3-14(15)18-6-7-20/h2-5,8-9,18-20H,6-7,10H2,1H3. The van der Waals surface area contributed by atoms with E-state index in [-0.39, 0.29) is 30.3 Å². The van der Waals surface area contributed by atoms with Gasteiger partial charge in [-0.2, -0.15) is 0 Å². The highest BCUT2D eigenvalue weighted by Crippen LogP contribution is 2.22. The highest BCUT2D eigenvalue weighted by molar-refractivity contribution is 7.89. The molecular weight excluding hydrogens is 321 g/mol. The van der Waals surface area contributed by atoms with E-state index in [9.17, 15) is 12.8 Å². The Morgan fingerprint density at radius 2 is 2.04 bits per heavy atom. The van der Waals surface area contributed by atoms with Gasteiger partial charge >= 0.3 is 0 Å². The van der Waals surface area contributed by atoms with Crippen molar-refractivity contribution < 1.29 is 17.9 Å². The van der Waals surface area contributed by atoms with Crippen LogP contribution in [0.25, 0.3) is 0 Å². The van der Waals surface area contributed by atoms with E-state index in [1.165, 1.54) is 6.07 Å². The summed E-state index contributed by atoms with van der Waals surface area (Å²) < 4.78 is 40.7. The Morgan fingerprint density at radius 3 is 2.74 bits per heavy atom. The smallest absolute Gasteiger partial charge is 0.243 e. The number of hydrogen-bond donors (Lipinski definition) is 3. The molecule has 2 rings (SSSR count). The molecule has 1 heterocycles. The quantitative estimate of drug-likeness (QED) is 0.709. The molecule has 0 saturated heterocycles. The normalized spacial score (nSPS) is 11.4. The molecule has 8 heteroatoms. The van der Waals surface area contributed by atoms with Crippen molar-refractivity contribution in [3.8, 4) is 0 Å². The number of nitrogens with zero attached hydrogens (tertiary/aromatic N) is 1. The molecule has 0 saturated carbocycles. The second-order valence-electron chi connectivity index (χ2n) is 4.94. The number of halogens is 1. The van der Waals surface area contributed by atoms with Crippen LogP contribution in [0.2, 0.25) is 0 Å². The van der Waals surface area contributed by atoms with E-state index in [4.69, 9.17) is 5.11 Å². The van der Waals surface area contributed by atoms with Crippen LogP contribution in [-0.2, 0) is 16.6 Å². The van der Waals surface area contributed by atoms with Crippen LogP contribution in [0.3, 0.4) is 0 Å². The topological polar surface area (TPSA) is 91.3 Å². The van der Waals surface area contributed by atoms with Crippen LogP contribution in [0.15, 0.2) is 41.4 Å². The number of sulfonamides is 1. The first-order valence-corrected chi connectivity index (χ1v) is 8.46. The molecule has 0 aliphatic heterocycles. The van der Waals surface area contributed by atoms with E-state index in [1.54, 1.807) is 12.3 Å². The Morgan fingerprint density at radius 1 is 1.26 bits per heavy atom. The van der Waals surface area contributed by atoms with Gasteiger partial charge in [0.25, 0.3) is 0 Å². The average molecular weight is 339 g/mol. The van der Waals surface area contributed by atoms with E-state index >= 15 is 0 Å². The maximum Gasteiger partial charge on any atom is 0.243 e. The SMILES string of the molecule is Cc1ccnc(CNS(=O)(=O)c2cc(F)ccc2NCCO)c1. The van der Waals surface area contributed by atoms with Crippen molar-refractivity contribution >= 4 is 15.7 Å². The lowest BCUT2D eigenvalue weighted by Gasteiger charge is -2.13. The fraction of sp³-hybridized carbons (Fsp3) is 0.267. The largest absolute Gasteiger partial charge is 0.395 e. The lowest BCUT2D eigenvalue weighted by Crippen LogP contribution is -2.25. The van der Waals surface area contributed by atoms with Crippen molar-refractivity contribution in [3.05, 3.63) is 53.6 Å². The summed E-state index contributed by atoms with van der Waals surface area (Å²) >= 11 is 0. The summed E-state index contributed by atoms with van der Waals surface area (Å²) in [5, 5.41) is 11.6. The molecule has 6 nitrogen and oxygen atoms in total. The molecule has 0 aliphatic rings. The molecule has 0 atom stereocenters. The van der Waals surface area contributed by atoms with Crippen LogP contribution in [0, 0.1) is 12.7 Å². The van der Waals surface area contributed by atoms with E-state index in [1.807, 2.05) is 13.0 Å². The minimum atomic E-state index is -3.93. The number of pyridine rings is 1. The number of aliphatic hydroxyl groups excluding tert-OH is 1. The van der Waals surface area contributed by atoms with E-state index in [0.717, 1.165) is 17.7 Å². The van der Waals surface area contributed by atoms with Crippen LogP contribution in [-0.4, -0.2) is 31.7 Å². The van der Waals surface area contributed by atoms with Crippen LogP contribution < -0.4 is 10.0 Å². The molecule has 0 fully saturated rings. The fourth-order valence-corrected chi connectivity index (χ4v) is 3.19. The molecule has 0 amide bonds. The maximum absolute atomic E-state index is 13.4. The van der Waals surface area contributed by atoms with Gasteiger partial charge < -0.3 is 10.4 Å². The van der Waals surface area contributed by atoms with Gasteiger partial charge in [0.2, 0.25) is 10.0 Å². The minimum absolute atomic E-state index is 0.0000331. The molecule has 0 unspecified atom stereocenters. The van der Waals surface area contributed by atoms with Crippen LogP contribution in [0.4, 0.5) is 10.1 Å². The van der Waals surface area contributed by atoms with Crippen molar-refractivity contribution in [1.29, 1.82) is 0 Å². The number of anilines is 1. The number of aromatic nitrogens is 1. The number of nitrogens with one attached hydrogen (secondary N) is 2. The van der Waals surface area contributed by atoms with Gasteiger partial charge in [0, 0.05) is 12.7 Å². The number of hydrogen-bond acceptors (Lipinski definition) is 5. The molecule has 124 valence electrons. The van der Waals surface area contributed by atoms with Crippen molar-refractivity contribution in [2.75, 3.05) is 18.5 Å². The Labute approximate surface area is 134 Å². The second-order valence-corrected chi connectivity index (χ2v) is 6.68. The highest BCUT2D eigenvalue weighted by Gasteiger charge is 2.19. The average Bonchev–Trinajstić information content (AvgIpc) is 2.52. The molecule has 3 N–H and O–H groups in total. The van der Waals surface area contributed by atoms with Crippen molar-refractivity contribution in [1.82, 2.24) is 9.71 Å². The summed E-state index contributed by atoms with van der Waals surface area (Å²) in [4.78, 5) is 3.87. The van der Waals surface area contributed by atoms with Gasteiger partial charge in [-0.15, -0.1) is 0 Å². The maximum atomic E-state index is 13.4. The fourth-order valence-electron chi connectivity index (χ4n) is 2.00. The predicted octanol–water partition coefficient (Wildman–Crippen LogP) is 1.41. The Hall–Kier alpha value is -2.03. The van der Waals surface area contributed by atoms with E-state index < -0.39 is 15.8 Å². The zero-order valence-corrected chi connectivity index (χ0v) is 13.4. The molecule has 1 aromatic carbocycles. The Balaban J connectivity index is 2.23. The van der Waals surface area contributed by atoms with Gasteiger partial charge in [0.1, 0.15) is 10.7 Å². The molecule has 0 bridgehead atoms.